The molecule has 0 atom stereocenters. The highest BCUT2D eigenvalue weighted by Gasteiger charge is 2.20. The van der Waals surface area contributed by atoms with Crippen LogP contribution < -0.4 is 5.32 Å². The smallest absolute Gasteiger partial charge is 0.261 e. The standard InChI is InChI=1S/C21H17ClN4OS/c1-13-7-9-15(10-8-13)19-16(20(27)24-21-23-14(2)12-28-21)11-26(25-19)18-6-4-3-5-17(18)22/h3-12H,1-2H3,(H,23,24,27). The lowest BCUT2D eigenvalue weighted by molar-refractivity contribution is 0.102. The van der Waals surface area contributed by atoms with Crippen LogP contribution in [0.5, 0.6) is 0 Å². The molecule has 0 radical (unpaired) electrons. The molecule has 0 saturated carbocycles. The van der Waals surface area contributed by atoms with Gasteiger partial charge in [-0.1, -0.05) is 53.6 Å². The first-order chi connectivity index (χ1) is 13.5. The number of rotatable bonds is 4. The van der Waals surface area contributed by atoms with Gasteiger partial charge in [0.05, 0.1) is 22.0 Å². The lowest BCUT2D eigenvalue weighted by Gasteiger charge is -2.03. The van der Waals surface area contributed by atoms with Gasteiger partial charge in [0.2, 0.25) is 0 Å². The molecule has 4 aromatic rings. The summed E-state index contributed by atoms with van der Waals surface area (Å²) in [6.07, 6.45) is 1.70. The SMILES string of the molecule is Cc1ccc(-c2nn(-c3ccccc3Cl)cc2C(=O)Nc2nc(C)cs2)cc1. The van der Waals surface area contributed by atoms with Gasteiger partial charge in [-0.3, -0.25) is 10.1 Å². The number of para-hydroxylation sites is 1. The first-order valence-corrected chi connectivity index (χ1v) is 9.92. The van der Waals surface area contributed by atoms with Gasteiger partial charge in [-0.2, -0.15) is 5.10 Å². The molecular formula is C21H17ClN4OS. The highest BCUT2D eigenvalue weighted by molar-refractivity contribution is 7.13. The first kappa shape index (κ1) is 18.4. The van der Waals surface area contributed by atoms with Crippen molar-refractivity contribution in [2.24, 2.45) is 0 Å². The third-order valence-electron chi connectivity index (χ3n) is 4.22. The zero-order valence-corrected chi connectivity index (χ0v) is 16.9. The van der Waals surface area contributed by atoms with Crippen LogP contribution >= 0.6 is 22.9 Å². The van der Waals surface area contributed by atoms with Crippen molar-refractivity contribution in [3.63, 3.8) is 0 Å². The molecule has 0 spiro atoms. The molecule has 0 bridgehead atoms. The molecule has 0 saturated heterocycles. The van der Waals surface area contributed by atoms with E-state index in [4.69, 9.17) is 11.6 Å². The fraction of sp³-hybridized carbons (Fsp3) is 0.0952. The number of hydrogen-bond acceptors (Lipinski definition) is 4. The van der Waals surface area contributed by atoms with Crippen LogP contribution in [0, 0.1) is 13.8 Å². The Kier molecular flexibility index (Phi) is 4.98. The van der Waals surface area contributed by atoms with E-state index in [1.165, 1.54) is 11.3 Å². The number of aryl methyl sites for hydroxylation is 2. The molecule has 5 nitrogen and oxygen atoms in total. The Morgan fingerprint density at radius 1 is 1.11 bits per heavy atom. The van der Waals surface area contributed by atoms with Crippen LogP contribution in [-0.2, 0) is 0 Å². The second-order valence-corrected chi connectivity index (χ2v) is 7.67. The third-order valence-corrected chi connectivity index (χ3v) is 5.42. The van der Waals surface area contributed by atoms with Gasteiger partial charge in [0, 0.05) is 17.1 Å². The Morgan fingerprint density at radius 2 is 1.86 bits per heavy atom. The Balaban J connectivity index is 1.79. The molecule has 2 heterocycles. The average molecular weight is 409 g/mol. The van der Waals surface area contributed by atoms with E-state index in [0.717, 1.165) is 16.8 Å². The van der Waals surface area contributed by atoms with E-state index in [9.17, 15) is 4.79 Å². The summed E-state index contributed by atoms with van der Waals surface area (Å²) in [5, 5.41) is 10.5. The molecule has 2 aromatic heterocycles. The number of aromatic nitrogens is 3. The number of benzene rings is 2. The van der Waals surface area contributed by atoms with Gasteiger partial charge in [-0.05, 0) is 26.0 Å². The topological polar surface area (TPSA) is 59.8 Å². The van der Waals surface area contributed by atoms with E-state index in [0.29, 0.717) is 27.1 Å². The highest BCUT2D eigenvalue weighted by Crippen LogP contribution is 2.27. The molecule has 140 valence electrons. The maximum Gasteiger partial charge on any atom is 0.261 e. The van der Waals surface area contributed by atoms with E-state index >= 15 is 0 Å². The van der Waals surface area contributed by atoms with Crippen LogP contribution in [0.25, 0.3) is 16.9 Å². The van der Waals surface area contributed by atoms with Crippen molar-refractivity contribution >= 4 is 34.0 Å². The monoisotopic (exact) mass is 408 g/mol. The van der Waals surface area contributed by atoms with Gasteiger partial charge in [-0.15, -0.1) is 11.3 Å². The molecule has 2 aromatic carbocycles. The Hall–Kier alpha value is -2.96. The fourth-order valence-electron chi connectivity index (χ4n) is 2.80. The number of amides is 1. The van der Waals surface area contributed by atoms with Crippen LogP contribution in [0.1, 0.15) is 21.6 Å². The molecule has 7 heteroatoms. The number of carbonyl (C=O) groups excluding carboxylic acids is 1. The van der Waals surface area contributed by atoms with Gasteiger partial charge in [-0.25, -0.2) is 9.67 Å². The second-order valence-electron chi connectivity index (χ2n) is 6.40. The number of halogens is 1. The zero-order valence-electron chi connectivity index (χ0n) is 15.3. The van der Waals surface area contributed by atoms with E-state index in [2.05, 4.69) is 15.4 Å². The van der Waals surface area contributed by atoms with Gasteiger partial charge < -0.3 is 0 Å². The molecule has 28 heavy (non-hydrogen) atoms. The number of hydrogen-bond donors (Lipinski definition) is 1. The summed E-state index contributed by atoms with van der Waals surface area (Å²) in [5.41, 5.74) is 4.62. The van der Waals surface area contributed by atoms with Crippen molar-refractivity contribution in [2.75, 3.05) is 5.32 Å². The summed E-state index contributed by atoms with van der Waals surface area (Å²) >= 11 is 7.72. The van der Waals surface area contributed by atoms with E-state index in [1.807, 2.05) is 61.7 Å². The van der Waals surface area contributed by atoms with Crippen LogP contribution in [0.4, 0.5) is 5.13 Å². The lowest BCUT2D eigenvalue weighted by Crippen LogP contribution is -2.12. The van der Waals surface area contributed by atoms with E-state index in [-0.39, 0.29) is 5.91 Å². The molecule has 1 N–H and O–H groups in total. The number of nitrogens with zero attached hydrogens (tertiary/aromatic N) is 3. The predicted molar refractivity (Wildman–Crippen MR) is 114 cm³/mol. The normalized spacial score (nSPS) is 10.8. The molecular weight excluding hydrogens is 392 g/mol. The Morgan fingerprint density at radius 3 is 2.54 bits per heavy atom. The lowest BCUT2D eigenvalue weighted by atomic mass is 10.1. The summed E-state index contributed by atoms with van der Waals surface area (Å²) in [7, 11) is 0. The summed E-state index contributed by atoms with van der Waals surface area (Å²) < 4.78 is 1.64. The first-order valence-electron chi connectivity index (χ1n) is 8.66. The Bertz CT molecular complexity index is 1150. The molecule has 1 amide bonds. The minimum absolute atomic E-state index is 0.261. The van der Waals surface area contributed by atoms with Gasteiger partial charge >= 0.3 is 0 Å². The number of carbonyl (C=O) groups is 1. The van der Waals surface area contributed by atoms with Crippen molar-refractivity contribution in [3.8, 4) is 16.9 Å². The van der Waals surface area contributed by atoms with Crippen molar-refractivity contribution < 1.29 is 4.79 Å². The van der Waals surface area contributed by atoms with Crippen molar-refractivity contribution in [3.05, 3.63) is 82.0 Å². The van der Waals surface area contributed by atoms with Crippen molar-refractivity contribution in [1.82, 2.24) is 14.8 Å². The quantitative estimate of drug-likeness (QED) is 0.483. The molecule has 0 fully saturated rings. The largest absolute Gasteiger partial charge is 0.298 e. The van der Waals surface area contributed by atoms with Gasteiger partial charge in [0.1, 0.15) is 5.69 Å². The minimum atomic E-state index is -0.261. The molecule has 0 aliphatic carbocycles. The number of nitrogens with one attached hydrogen (secondary N) is 1. The summed E-state index contributed by atoms with van der Waals surface area (Å²) in [6, 6.07) is 15.3. The van der Waals surface area contributed by atoms with E-state index in [1.54, 1.807) is 16.9 Å². The Labute approximate surface area is 171 Å². The third kappa shape index (κ3) is 3.69. The van der Waals surface area contributed by atoms with Crippen LogP contribution in [0.15, 0.2) is 60.1 Å². The zero-order chi connectivity index (χ0) is 19.7. The molecule has 0 unspecified atom stereocenters. The maximum absolute atomic E-state index is 13.0. The molecule has 0 aliphatic rings. The van der Waals surface area contributed by atoms with Gasteiger partial charge in [0.15, 0.2) is 5.13 Å². The van der Waals surface area contributed by atoms with Crippen LogP contribution in [-0.4, -0.2) is 20.7 Å². The molecule has 0 aliphatic heterocycles. The van der Waals surface area contributed by atoms with Gasteiger partial charge in [0.25, 0.3) is 5.91 Å². The number of anilines is 1. The maximum atomic E-state index is 13.0. The van der Waals surface area contributed by atoms with Crippen molar-refractivity contribution in [2.45, 2.75) is 13.8 Å². The predicted octanol–water partition coefficient (Wildman–Crippen LogP) is 5.52. The van der Waals surface area contributed by atoms with Crippen molar-refractivity contribution in [1.29, 1.82) is 0 Å². The summed E-state index contributed by atoms with van der Waals surface area (Å²) in [4.78, 5) is 17.3. The summed E-state index contributed by atoms with van der Waals surface area (Å²) in [6.45, 7) is 3.91. The highest BCUT2D eigenvalue weighted by atomic mass is 35.5. The minimum Gasteiger partial charge on any atom is -0.298 e. The second kappa shape index (κ2) is 7.58. The number of thiazole rings is 1. The van der Waals surface area contributed by atoms with Crippen LogP contribution in [0.3, 0.4) is 0 Å². The van der Waals surface area contributed by atoms with E-state index < -0.39 is 0 Å². The molecule has 4 rings (SSSR count). The summed E-state index contributed by atoms with van der Waals surface area (Å²) in [5.74, 6) is -0.261. The fourth-order valence-corrected chi connectivity index (χ4v) is 3.71. The van der Waals surface area contributed by atoms with Crippen LogP contribution in [0.2, 0.25) is 5.02 Å². The average Bonchev–Trinajstić information content (AvgIpc) is 3.29.